The van der Waals surface area contributed by atoms with Gasteiger partial charge in [0, 0.05) is 45.8 Å². The molecule has 1 aliphatic rings. The van der Waals surface area contributed by atoms with Crippen molar-refractivity contribution in [1.29, 1.82) is 0 Å². The number of likely N-dealkylation sites (tertiary alicyclic amines) is 1. The third-order valence-electron chi connectivity index (χ3n) is 4.77. The van der Waals surface area contributed by atoms with Crippen LogP contribution in [0.25, 0.3) is 0 Å². The van der Waals surface area contributed by atoms with Crippen molar-refractivity contribution in [2.45, 2.75) is 38.8 Å². The molecule has 170 valence electrons. The van der Waals surface area contributed by atoms with Crippen LogP contribution < -0.4 is 15.4 Å². The van der Waals surface area contributed by atoms with Crippen LogP contribution in [0.4, 0.5) is 4.39 Å². The van der Waals surface area contributed by atoms with Gasteiger partial charge in [0.1, 0.15) is 17.7 Å². The fourth-order valence-electron chi connectivity index (χ4n) is 3.11. The molecule has 0 aliphatic carbocycles. The average Bonchev–Trinajstić information content (AvgIpc) is 2.67. The molecular weight excluding hydrogens is 500 g/mol. The summed E-state index contributed by atoms with van der Waals surface area (Å²) in [7, 11) is 3.57. The number of likely N-dealkylation sites (N-methyl/N-ethyl adjacent to an activating group) is 1. The minimum Gasteiger partial charge on any atom is -0.489 e. The molecule has 0 bridgehead atoms. The SMILES string of the molecule is CCNC(=NCC(C)Oc1cccc(F)c1)NC1CCN(CC(=O)N(C)C)CC1.I. The molecule has 1 fully saturated rings. The first-order valence-electron chi connectivity index (χ1n) is 10.3. The Morgan fingerprint density at radius 2 is 2.07 bits per heavy atom. The van der Waals surface area contributed by atoms with E-state index in [0.717, 1.165) is 38.4 Å². The molecule has 1 heterocycles. The number of carbonyl (C=O) groups is 1. The number of ether oxygens (including phenoxy) is 1. The molecule has 0 radical (unpaired) electrons. The van der Waals surface area contributed by atoms with Gasteiger partial charge in [0.05, 0.1) is 13.1 Å². The number of rotatable bonds is 8. The summed E-state index contributed by atoms with van der Waals surface area (Å²) in [5.74, 6) is 1.08. The van der Waals surface area contributed by atoms with Crippen LogP contribution >= 0.6 is 24.0 Å². The van der Waals surface area contributed by atoms with Crippen LogP contribution in [-0.4, -0.2) is 80.6 Å². The molecule has 2 N–H and O–H groups in total. The first-order valence-corrected chi connectivity index (χ1v) is 10.3. The molecule has 0 aromatic heterocycles. The maximum absolute atomic E-state index is 13.3. The standard InChI is InChI=1S/C21H34FN5O2.HI/c1-5-23-21(24-14-16(2)29-19-8-6-7-17(22)13-19)25-18-9-11-27(12-10-18)15-20(28)26(3)4;/h6-8,13,16,18H,5,9-12,14-15H2,1-4H3,(H2,23,24,25);1H. The Morgan fingerprint density at radius 1 is 1.37 bits per heavy atom. The highest BCUT2D eigenvalue weighted by molar-refractivity contribution is 14.0. The number of hydrogen-bond donors (Lipinski definition) is 2. The minimum atomic E-state index is -0.313. The monoisotopic (exact) mass is 535 g/mol. The zero-order chi connectivity index (χ0) is 21.2. The van der Waals surface area contributed by atoms with Crippen LogP contribution in [0.3, 0.4) is 0 Å². The molecule has 1 unspecified atom stereocenters. The molecule has 2 rings (SSSR count). The predicted octanol–water partition coefficient (Wildman–Crippen LogP) is 2.32. The Balaban J connectivity index is 0.00000450. The number of aliphatic imine (C=N–C) groups is 1. The van der Waals surface area contributed by atoms with E-state index >= 15 is 0 Å². The molecule has 1 atom stereocenters. The highest BCUT2D eigenvalue weighted by atomic mass is 127. The highest BCUT2D eigenvalue weighted by Crippen LogP contribution is 2.14. The lowest BCUT2D eigenvalue weighted by atomic mass is 10.1. The van der Waals surface area contributed by atoms with Crippen LogP contribution in [0, 0.1) is 5.82 Å². The van der Waals surface area contributed by atoms with Gasteiger partial charge < -0.3 is 20.3 Å². The minimum absolute atomic E-state index is 0. The van der Waals surface area contributed by atoms with Crippen LogP contribution in [0.5, 0.6) is 5.75 Å². The number of guanidine groups is 1. The zero-order valence-electron chi connectivity index (χ0n) is 18.4. The number of piperidine rings is 1. The van der Waals surface area contributed by atoms with E-state index in [4.69, 9.17) is 4.74 Å². The first kappa shape index (κ1) is 26.4. The smallest absolute Gasteiger partial charge is 0.236 e. The third kappa shape index (κ3) is 9.46. The zero-order valence-corrected chi connectivity index (χ0v) is 20.7. The summed E-state index contributed by atoms with van der Waals surface area (Å²) >= 11 is 0. The molecule has 9 heteroatoms. The summed E-state index contributed by atoms with van der Waals surface area (Å²) in [5.41, 5.74) is 0. The van der Waals surface area contributed by atoms with Crippen molar-refractivity contribution in [2.75, 3.05) is 46.8 Å². The van der Waals surface area contributed by atoms with Crippen molar-refractivity contribution in [3.8, 4) is 5.75 Å². The second-order valence-electron chi connectivity index (χ2n) is 7.59. The van der Waals surface area contributed by atoms with Gasteiger partial charge in [-0.05, 0) is 38.8 Å². The number of amides is 1. The molecule has 0 spiro atoms. The lowest BCUT2D eigenvalue weighted by Crippen LogP contribution is -2.50. The van der Waals surface area contributed by atoms with E-state index in [1.165, 1.54) is 12.1 Å². The maximum Gasteiger partial charge on any atom is 0.236 e. The highest BCUT2D eigenvalue weighted by Gasteiger charge is 2.22. The predicted molar refractivity (Wildman–Crippen MR) is 129 cm³/mol. The summed E-state index contributed by atoms with van der Waals surface area (Å²) in [6, 6.07) is 6.45. The lowest BCUT2D eigenvalue weighted by molar-refractivity contribution is -0.130. The third-order valence-corrected chi connectivity index (χ3v) is 4.77. The van der Waals surface area contributed by atoms with Gasteiger partial charge in [-0.3, -0.25) is 9.69 Å². The summed E-state index contributed by atoms with van der Waals surface area (Å²) in [5, 5.41) is 6.75. The quantitative estimate of drug-likeness (QED) is 0.304. The molecule has 30 heavy (non-hydrogen) atoms. The van der Waals surface area contributed by atoms with Gasteiger partial charge in [0.2, 0.25) is 5.91 Å². The molecule has 1 saturated heterocycles. The van der Waals surface area contributed by atoms with E-state index in [2.05, 4.69) is 20.5 Å². The van der Waals surface area contributed by atoms with Crippen LogP contribution in [0.1, 0.15) is 26.7 Å². The summed E-state index contributed by atoms with van der Waals surface area (Å²) < 4.78 is 19.0. The molecule has 0 saturated carbocycles. The van der Waals surface area contributed by atoms with Crippen LogP contribution in [-0.2, 0) is 4.79 Å². The summed E-state index contributed by atoms with van der Waals surface area (Å²) in [6.07, 6.45) is 1.74. The average molecular weight is 535 g/mol. The van der Waals surface area contributed by atoms with Gasteiger partial charge in [0.25, 0.3) is 0 Å². The number of nitrogens with one attached hydrogen (secondary N) is 2. The van der Waals surface area contributed by atoms with Gasteiger partial charge in [-0.1, -0.05) is 6.07 Å². The second kappa shape index (κ2) is 13.6. The lowest BCUT2D eigenvalue weighted by Gasteiger charge is -2.33. The van der Waals surface area contributed by atoms with E-state index in [9.17, 15) is 9.18 Å². The molecule has 1 aromatic carbocycles. The number of hydrogen-bond acceptors (Lipinski definition) is 4. The van der Waals surface area contributed by atoms with Crippen molar-refractivity contribution in [3.63, 3.8) is 0 Å². The number of halogens is 2. The molecule has 1 aliphatic heterocycles. The fourth-order valence-corrected chi connectivity index (χ4v) is 3.11. The largest absolute Gasteiger partial charge is 0.489 e. The maximum atomic E-state index is 13.3. The molecule has 1 aromatic rings. The van der Waals surface area contributed by atoms with E-state index in [0.29, 0.717) is 24.9 Å². The number of benzene rings is 1. The van der Waals surface area contributed by atoms with Gasteiger partial charge in [-0.2, -0.15) is 0 Å². The Morgan fingerprint density at radius 3 is 2.67 bits per heavy atom. The second-order valence-corrected chi connectivity index (χ2v) is 7.59. The molecule has 1 amide bonds. The van der Waals surface area contributed by atoms with Crippen molar-refractivity contribution in [2.24, 2.45) is 4.99 Å². The molecule has 7 nitrogen and oxygen atoms in total. The van der Waals surface area contributed by atoms with Crippen molar-refractivity contribution in [1.82, 2.24) is 20.4 Å². The van der Waals surface area contributed by atoms with E-state index in [1.54, 1.807) is 31.1 Å². The number of carbonyl (C=O) groups excluding carboxylic acids is 1. The Labute approximate surface area is 196 Å². The van der Waals surface area contributed by atoms with Crippen molar-refractivity contribution >= 4 is 35.8 Å². The fraction of sp³-hybridized carbons (Fsp3) is 0.619. The Kier molecular flexibility index (Phi) is 12.0. The molecular formula is C21H35FIN5O2. The van der Waals surface area contributed by atoms with E-state index in [1.807, 2.05) is 13.8 Å². The first-order chi connectivity index (χ1) is 13.9. The summed E-state index contributed by atoms with van der Waals surface area (Å²) in [6.45, 7) is 7.41. The van der Waals surface area contributed by atoms with E-state index in [-0.39, 0.29) is 41.8 Å². The Hall–Kier alpha value is -1.62. The van der Waals surface area contributed by atoms with Crippen LogP contribution in [0.15, 0.2) is 29.3 Å². The van der Waals surface area contributed by atoms with E-state index < -0.39 is 0 Å². The topological polar surface area (TPSA) is 69.2 Å². The van der Waals surface area contributed by atoms with Gasteiger partial charge >= 0.3 is 0 Å². The van der Waals surface area contributed by atoms with Crippen molar-refractivity contribution < 1.29 is 13.9 Å². The van der Waals surface area contributed by atoms with Gasteiger partial charge in [-0.15, -0.1) is 24.0 Å². The van der Waals surface area contributed by atoms with Gasteiger partial charge in [0.15, 0.2) is 5.96 Å². The number of nitrogens with zero attached hydrogens (tertiary/aromatic N) is 3. The normalized spacial score (nSPS) is 16.4. The van der Waals surface area contributed by atoms with Crippen LogP contribution in [0.2, 0.25) is 0 Å². The summed E-state index contributed by atoms with van der Waals surface area (Å²) in [4.78, 5) is 20.3. The van der Waals surface area contributed by atoms with Gasteiger partial charge in [-0.25, -0.2) is 9.38 Å². The van der Waals surface area contributed by atoms with Crippen molar-refractivity contribution in [3.05, 3.63) is 30.1 Å². The Bertz CT molecular complexity index is 681.